The Morgan fingerprint density at radius 1 is 0.489 bits per heavy atom. The zero-order chi connectivity index (χ0) is 102. The molecule has 0 N–H and O–H groups in total. The molecule has 27 nitrogen and oxygen atoms in total. The Morgan fingerprint density at radius 3 is 1.28 bits per heavy atom. The number of imidazole rings is 1. The van der Waals surface area contributed by atoms with E-state index in [0.717, 1.165) is 93.6 Å². The molecule has 1 saturated heterocycles. The average Bonchev–Trinajstić information content (AvgIpc) is 1.06. The van der Waals surface area contributed by atoms with Crippen molar-refractivity contribution in [1.29, 1.82) is 0 Å². The van der Waals surface area contributed by atoms with E-state index in [-0.39, 0.29) is 58.9 Å². The summed E-state index contributed by atoms with van der Waals surface area (Å²) in [4.78, 5) is 42.6. The van der Waals surface area contributed by atoms with Gasteiger partial charge in [0, 0.05) is 98.1 Å². The van der Waals surface area contributed by atoms with Crippen LogP contribution in [-0.4, -0.2) is 256 Å². The number of hydrogen-bond donors (Lipinski definition) is 0. The van der Waals surface area contributed by atoms with E-state index in [1.54, 1.807) is 35.5 Å². The zero-order valence-corrected chi connectivity index (χ0v) is 86.4. The molecule has 780 valence electrons. The van der Waals surface area contributed by atoms with Gasteiger partial charge in [-0.3, -0.25) is 29.5 Å². The number of rotatable bonds is 54. The highest BCUT2D eigenvalue weighted by molar-refractivity contribution is 7.97. The zero-order valence-electron chi connectivity index (χ0n) is 83.1. The molecular formula is C105H143F5N4O23S4. The third-order valence-corrected chi connectivity index (χ3v) is 28.4. The Hall–Kier alpha value is -7.46. The summed E-state index contributed by atoms with van der Waals surface area (Å²) in [7, 11) is 8.12. The van der Waals surface area contributed by atoms with E-state index >= 15 is 0 Å². The van der Waals surface area contributed by atoms with Gasteiger partial charge >= 0.3 is 17.4 Å². The first-order valence-corrected chi connectivity index (χ1v) is 51.2. The van der Waals surface area contributed by atoms with Crippen LogP contribution in [0.3, 0.4) is 0 Å². The average molecular weight is 2050 g/mol. The van der Waals surface area contributed by atoms with Crippen LogP contribution >= 0.6 is 24.1 Å². The predicted molar refractivity (Wildman–Crippen MR) is 531 cm³/mol. The SMILES string of the molecule is CC(C)c1cc(C(C)C)c(SOO[O-])c(C(C)C)c1.COCCOCCOCCOCCN1CCOCC1.COCCOCCOCCn1cnc2ccccc21.COCOCCN(CCOCOC)CC(C)OCOC.O=C1C2CC3CC1CC(C(=O)OC(C(F)(F)F)C(F)(F)SOO[O-])(C3)C2.c1ccc([S+](c2ccccc2)c2ccccc2)cc1.c1ccc([S+](c2ccccc2)c2ccccc2)cc1. The van der Waals surface area contributed by atoms with Crippen LogP contribution in [0.15, 0.2) is 259 Å². The molecule has 5 fully saturated rings. The maximum atomic E-state index is 13.7. The second-order valence-corrected chi connectivity index (χ2v) is 39.7. The van der Waals surface area contributed by atoms with Gasteiger partial charge in [-0.15, -0.1) is 0 Å². The number of benzene rings is 8. The highest BCUT2D eigenvalue weighted by Gasteiger charge is 2.64. The fourth-order valence-corrected chi connectivity index (χ4v) is 21.4. The molecule has 9 aromatic rings. The molecule has 4 saturated carbocycles. The number of alkyl halides is 5. The van der Waals surface area contributed by atoms with Crippen molar-refractivity contribution in [3.63, 3.8) is 0 Å². The van der Waals surface area contributed by atoms with Crippen LogP contribution in [0.1, 0.15) is 115 Å². The van der Waals surface area contributed by atoms with Crippen LogP contribution < -0.4 is 10.5 Å². The highest BCUT2D eigenvalue weighted by Crippen LogP contribution is 2.60. The van der Waals surface area contributed by atoms with Gasteiger partial charge in [0.1, 0.15) is 38.2 Å². The molecule has 4 atom stereocenters. The van der Waals surface area contributed by atoms with Crippen LogP contribution in [0.25, 0.3) is 11.0 Å². The maximum Gasteiger partial charge on any atom is 0.432 e. The van der Waals surface area contributed by atoms with Crippen molar-refractivity contribution < 1.29 is 132 Å². The maximum absolute atomic E-state index is 13.7. The number of methoxy groups -OCH3 is 5. The molecule has 0 radical (unpaired) electrons. The minimum Gasteiger partial charge on any atom is -0.691 e. The number of aromatic nitrogens is 2. The number of carbonyl (C=O) groups excluding carboxylic acids is 2. The van der Waals surface area contributed by atoms with Crippen LogP contribution in [-0.2, 0) is 128 Å². The van der Waals surface area contributed by atoms with Crippen molar-refractivity contribution in [3.05, 3.63) is 241 Å². The number of fused-ring (bicyclic) bond motifs is 1. The summed E-state index contributed by atoms with van der Waals surface area (Å²) in [5, 5.41) is 21.1. The first-order chi connectivity index (χ1) is 68.3. The summed E-state index contributed by atoms with van der Waals surface area (Å²) in [5.41, 5.74) is 4.53. The summed E-state index contributed by atoms with van der Waals surface area (Å²) in [6.45, 7) is 32.6. The Bertz CT molecular complexity index is 4370. The smallest absolute Gasteiger partial charge is 0.432 e. The van der Waals surface area contributed by atoms with Crippen molar-refractivity contribution in [3.8, 4) is 0 Å². The molecule has 2 heterocycles. The lowest BCUT2D eigenvalue weighted by Crippen LogP contribution is -2.57. The van der Waals surface area contributed by atoms with E-state index in [4.69, 9.17) is 66.3 Å². The molecule has 1 aliphatic heterocycles. The second kappa shape index (κ2) is 69.6. The quantitative estimate of drug-likeness (QED) is 0.00500. The highest BCUT2D eigenvalue weighted by atomic mass is 32.2. The molecule has 1 aromatic heterocycles. The van der Waals surface area contributed by atoms with Crippen molar-refractivity contribution >= 4 is 68.7 Å². The largest absolute Gasteiger partial charge is 0.691 e. The number of halogens is 5. The molecule has 4 bridgehead atoms. The standard InChI is InChI=1S/2C18H15S.C15H24O3S.C14H15F5O6S.C14H20N2O3.C13H29NO6.C13H27NO5/c2*1-4-10-16(11-5-1)19(17-12-6-2-7-13-17)18-14-8-3-9-15-18;1-9(2)12-7-13(10(3)4)15(19-18-17-16)14(8-12)11(5)6;15-13(16,17)10(14(18,19)26-25-24-22)23-11(21)12-3-6-1-7(4-12)9(20)8(2-6)5-12;1-17-8-9-19-11-10-18-7-6-16-12-15-13-4-2-3-5-14(13)16;1-13(20-12-17-4)9-14(5-7-18-10-15-2)6-8-19-11-16-3;1-15-8-9-18-12-13-19-11-10-17-7-4-14-2-5-16-6-3-14/h2*1-15H;7-11,16H,1-6H3;6-8,10,22H,1-5H2;2-5,12H,6-11H2,1H3;13H,5-12H2,1-4H3;2-13H2,1H3/q2*+1;;;;;/p-2. The van der Waals surface area contributed by atoms with Crippen molar-refractivity contribution in [2.45, 2.75) is 163 Å². The van der Waals surface area contributed by atoms with Crippen LogP contribution in [0, 0.1) is 23.2 Å². The molecule has 8 aromatic carbocycles. The lowest BCUT2D eigenvalue weighted by Gasteiger charge is -2.54. The Morgan fingerprint density at radius 2 is 0.887 bits per heavy atom. The minimum atomic E-state index is -5.60. The molecule has 4 unspecified atom stereocenters. The summed E-state index contributed by atoms with van der Waals surface area (Å²) in [6, 6.07) is 76.8. The predicted octanol–water partition coefficient (Wildman–Crippen LogP) is 18.4. The van der Waals surface area contributed by atoms with Gasteiger partial charge in [0.15, 0.2) is 29.4 Å². The number of carbonyl (C=O) groups is 2. The van der Waals surface area contributed by atoms with Gasteiger partial charge in [-0.25, -0.2) is 4.98 Å². The summed E-state index contributed by atoms with van der Waals surface area (Å²) in [6.07, 6.45) is -6.11. The topological polar surface area (TPSA) is 280 Å². The molecule has 4 aliphatic carbocycles. The second-order valence-electron chi connectivity index (χ2n) is 34.1. The number of morpholine rings is 1. The Kier molecular flexibility index (Phi) is 59.5. The fraction of sp³-hybridized carbons (Fsp3) is 0.514. The van der Waals surface area contributed by atoms with Gasteiger partial charge in [-0.1, -0.05) is 175 Å². The molecule has 5 aliphatic rings. The summed E-state index contributed by atoms with van der Waals surface area (Å²) < 4.78 is 153. The monoisotopic (exact) mass is 2050 g/mol. The van der Waals surface area contributed by atoms with Gasteiger partial charge in [0.05, 0.1) is 168 Å². The van der Waals surface area contributed by atoms with Gasteiger partial charge in [-0.05, 0) is 164 Å². The van der Waals surface area contributed by atoms with Gasteiger partial charge in [0.2, 0.25) is 0 Å². The van der Waals surface area contributed by atoms with Gasteiger partial charge < -0.3 is 86.1 Å². The number of ketones is 1. The first-order valence-electron chi connectivity index (χ1n) is 47.3. The molecule has 0 spiro atoms. The van der Waals surface area contributed by atoms with Crippen LogP contribution in [0.4, 0.5) is 22.0 Å². The van der Waals surface area contributed by atoms with E-state index in [1.165, 1.54) is 46.1 Å². The van der Waals surface area contributed by atoms with E-state index in [2.05, 4.69) is 285 Å². The third-order valence-electron chi connectivity index (χ3n) is 22.7. The minimum absolute atomic E-state index is 0.00540. The number of Topliss-reactive ketones (excluding diaryl/α,β-unsaturated/α-hetero) is 1. The van der Waals surface area contributed by atoms with Crippen molar-refractivity contribution in [2.75, 3.05) is 201 Å². The molecule has 14 rings (SSSR count). The van der Waals surface area contributed by atoms with E-state index in [1.807, 2.05) is 31.5 Å². The number of ether oxygens (including phenoxy) is 15. The number of hydrogen-bond acceptors (Lipinski definition) is 28. The molecule has 36 heteroatoms. The van der Waals surface area contributed by atoms with E-state index < -0.39 is 52.8 Å². The van der Waals surface area contributed by atoms with E-state index in [0.29, 0.717) is 137 Å². The Labute approximate surface area is 843 Å². The third kappa shape index (κ3) is 44.4. The van der Waals surface area contributed by atoms with Crippen LogP contribution in [0.2, 0.25) is 0 Å². The summed E-state index contributed by atoms with van der Waals surface area (Å²) >= 11 is -0.170. The van der Waals surface area contributed by atoms with Gasteiger partial charge in [-0.2, -0.15) is 30.6 Å². The first kappa shape index (κ1) is 120. The summed E-state index contributed by atoms with van der Waals surface area (Å²) in [5.74, 6) is -1.08. The van der Waals surface area contributed by atoms with Gasteiger partial charge in [0.25, 0.3) is 6.10 Å². The number of para-hydroxylation sites is 2. The number of nitrogens with zero attached hydrogens (tertiary/aromatic N) is 4. The Balaban J connectivity index is 0.000000224. The van der Waals surface area contributed by atoms with Crippen molar-refractivity contribution in [1.82, 2.24) is 19.4 Å². The van der Waals surface area contributed by atoms with E-state index in [9.17, 15) is 42.1 Å². The molecule has 0 amide bonds. The van der Waals surface area contributed by atoms with Crippen LogP contribution in [0.5, 0.6) is 0 Å². The normalized spacial score (nSPS) is 16.5. The fourth-order valence-electron chi connectivity index (χ4n) is 15.9. The van der Waals surface area contributed by atoms with Crippen molar-refractivity contribution in [2.24, 2.45) is 23.2 Å². The lowest BCUT2D eigenvalue weighted by molar-refractivity contribution is -0.777. The molecule has 141 heavy (non-hydrogen) atoms. The molecular weight excluding hydrogens is 1910 g/mol. The number of esters is 1. The lowest BCUT2D eigenvalue weighted by atomic mass is 9.49.